The summed E-state index contributed by atoms with van der Waals surface area (Å²) in [4.78, 5) is 22.8. The van der Waals surface area contributed by atoms with Crippen molar-refractivity contribution in [1.29, 1.82) is 0 Å². The third-order valence-corrected chi connectivity index (χ3v) is 13.8. The molecule has 0 atom stereocenters. The zero-order valence-corrected chi connectivity index (χ0v) is 35.2. The van der Waals surface area contributed by atoms with E-state index in [-0.39, 0.29) is 38.9 Å². The van der Waals surface area contributed by atoms with E-state index in [1.54, 1.807) is 30.3 Å². The summed E-state index contributed by atoms with van der Waals surface area (Å²) < 4.78 is 31.4. The number of hydrogen-bond acceptors (Lipinski definition) is 5. The molecule has 0 bridgehead atoms. The van der Waals surface area contributed by atoms with Crippen LogP contribution in [0.5, 0.6) is 0 Å². The van der Waals surface area contributed by atoms with Crippen LogP contribution in [0.2, 0.25) is 0 Å². The van der Waals surface area contributed by atoms with E-state index in [1.807, 2.05) is 19.1 Å². The number of hydrogen-bond donors (Lipinski definition) is 1. The third kappa shape index (κ3) is 9.60. The van der Waals surface area contributed by atoms with Crippen molar-refractivity contribution in [3.8, 4) is 11.1 Å². The number of rotatable bonds is 10. The highest BCUT2D eigenvalue weighted by molar-refractivity contribution is 7.91. The second-order valence-electron chi connectivity index (χ2n) is 18.0. The number of carboxylic acids is 1. The summed E-state index contributed by atoms with van der Waals surface area (Å²) in [5.74, 6) is -0.989. The Morgan fingerprint density at radius 1 is 0.564 bits per heavy atom. The molecule has 294 valence electrons. The number of aliphatic carboxylic acids is 1. The van der Waals surface area contributed by atoms with Gasteiger partial charge in [-0.15, -0.1) is 0 Å². The predicted octanol–water partition coefficient (Wildman–Crippen LogP) is 11.1. The van der Waals surface area contributed by atoms with Crippen molar-refractivity contribution >= 4 is 21.8 Å². The summed E-state index contributed by atoms with van der Waals surface area (Å²) in [5, 5.41) is 8.79. The molecule has 0 unspecified atom stereocenters. The van der Waals surface area contributed by atoms with Gasteiger partial charge in [-0.1, -0.05) is 116 Å². The molecule has 0 aromatic heterocycles. The van der Waals surface area contributed by atoms with Gasteiger partial charge in [0.15, 0.2) is 0 Å². The van der Waals surface area contributed by atoms with Crippen LogP contribution in [0.4, 0.5) is 0 Å². The maximum Gasteiger partial charge on any atom is 0.306 e. The molecule has 0 spiro atoms. The van der Waals surface area contributed by atoms with Gasteiger partial charge in [0.2, 0.25) is 9.84 Å². The van der Waals surface area contributed by atoms with Crippen LogP contribution < -0.4 is 0 Å². The molecule has 4 aromatic carbocycles. The first-order valence-corrected chi connectivity index (χ1v) is 21.3. The Labute approximate surface area is 329 Å². The molecular formula is C48H60O6S. The largest absolute Gasteiger partial charge is 0.481 e. The summed E-state index contributed by atoms with van der Waals surface area (Å²) in [5.41, 5.74) is 10.3. The van der Waals surface area contributed by atoms with E-state index in [0.29, 0.717) is 24.3 Å². The number of aryl methyl sites for hydroxylation is 2. The van der Waals surface area contributed by atoms with E-state index < -0.39 is 15.8 Å². The van der Waals surface area contributed by atoms with Crippen LogP contribution in [-0.2, 0) is 58.7 Å². The van der Waals surface area contributed by atoms with Gasteiger partial charge >= 0.3 is 11.9 Å². The lowest BCUT2D eigenvalue weighted by Gasteiger charge is -2.42. The van der Waals surface area contributed by atoms with Crippen molar-refractivity contribution in [3.63, 3.8) is 0 Å². The van der Waals surface area contributed by atoms with Gasteiger partial charge in [-0.3, -0.25) is 9.59 Å². The Morgan fingerprint density at radius 2 is 0.982 bits per heavy atom. The lowest BCUT2D eigenvalue weighted by Crippen LogP contribution is -2.34. The summed E-state index contributed by atoms with van der Waals surface area (Å²) in [6.07, 6.45) is 6.15. The maximum absolute atomic E-state index is 13.2. The molecule has 6 rings (SSSR count). The number of benzene rings is 4. The zero-order chi connectivity index (χ0) is 40.4. The van der Waals surface area contributed by atoms with Crippen LogP contribution in [-0.4, -0.2) is 32.1 Å². The fraction of sp³-hybridized carbons (Fsp3) is 0.458. The number of fused-ring (bicyclic) bond motifs is 2. The Hall–Kier alpha value is -4.23. The number of esters is 1. The average Bonchev–Trinajstić information content (AvgIpc) is 3.14. The average molecular weight is 765 g/mol. The summed E-state index contributed by atoms with van der Waals surface area (Å²) in [6, 6.07) is 27.7. The topological polar surface area (TPSA) is 97.7 Å². The summed E-state index contributed by atoms with van der Waals surface area (Å²) in [6.45, 7) is 20.5. The monoisotopic (exact) mass is 764 g/mol. The quantitative estimate of drug-likeness (QED) is 0.162. The molecule has 0 radical (unpaired) electrons. The van der Waals surface area contributed by atoms with Crippen molar-refractivity contribution in [3.05, 3.63) is 118 Å². The van der Waals surface area contributed by atoms with Crippen molar-refractivity contribution in [2.24, 2.45) is 0 Å². The van der Waals surface area contributed by atoms with Gasteiger partial charge < -0.3 is 9.84 Å². The number of carboxylic acid groups (broad SMARTS) is 1. The van der Waals surface area contributed by atoms with Crippen LogP contribution in [0.3, 0.4) is 0 Å². The second-order valence-corrected chi connectivity index (χ2v) is 20.0. The molecule has 2 aliphatic carbocycles. The first-order valence-electron chi connectivity index (χ1n) is 19.8. The third-order valence-electron chi connectivity index (χ3n) is 12.1. The summed E-state index contributed by atoms with van der Waals surface area (Å²) >= 11 is 0. The zero-order valence-electron chi connectivity index (χ0n) is 34.3. The molecule has 0 saturated heterocycles. The Morgan fingerprint density at radius 3 is 1.49 bits per heavy atom. The van der Waals surface area contributed by atoms with Gasteiger partial charge in [0, 0.05) is 12.8 Å². The molecule has 0 saturated carbocycles. The smallest absolute Gasteiger partial charge is 0.306 e. The molecule has 0 aliphatic heterocycles. The predicted molar refractivity (Wildman–Crippen MR) is 222 cm³/mol. The molecule has 2 aliphatic rings. The van der Waals surface area contributed by atoms with Crippen LogP contribution in [0, 0.1) is 0 Å². The minimum atomic E-state index is -3.62. The van der Waals surface area contributed by atoms with Crippen molar-refractivity contribution in [1.82, 2.24) is 0 Å². The Bertz CT molecular complexity index is 2120. The van der Waals surface area contributed by atoms with Crippen molar-refractivity contribution in [2.75, 3.05) is 6.61 Å². The first kappa shape index (κ1) is 41.9. The normalized spacial score (nSPS) is 17.5. The van der Waals surface area contributed by atoms with Gasteiger partial charge in [0.25, 0.3) is 0 Å². The molecule has 1 N–H and O–H groups in total. The molecule has 6 nitrogen and oxygen atoms in total. The fourth-order valence-corrected chi connectivity index (χ4v) is 9.36. The van der Waals surface area contributed by atoms with Crippen molar-refractivity contribution in [2.45, 2.75) is 145 Å². The molecule has 0 amide bonds. The van der Waals surface area contributed by atoms with E-state index in [4.69, 9.17) is 9.84 Å². The number of carbonyl (C=O) groups excluding carboxylic acids is 1. The van der Waals surface area contributed by atoms with Gasteiger partial charge in [0.1, 0.15) is 0 Å². The number of sulfone groups is 1. The highest BCUT2D eigenvalue weighted by Crippen LogP contribution is 2.48. The minimum Gasteiger partial charge on any atom is -0.481 e. The fourth-order valence-electron chi connectivity index (χ4n) is 8.07. The molecular weight excluding hydrogens is 705 g/mol. The highest BCUT2D eigenvalue weighted by Gasteiger charge is 2.38. The summed E-state index contributed by atoms with van der Waals surface area (Å²) in [7, 11) is -3.62. The lowest BCUT2D eigenvalue weighted by atomic mass is 9.63. The van der Waals surface area contributed by atoms with E-state index in [0.717, 1.165) is 30.4 Å². The molecule has 7 heteroatoms. The van der Waals surface area contributed by atoms with Gasteiger partial charge in [0.05, 0.1) is 16.4 Å². The Kier molecular flexibility index (Phi) is 12.3. The number of carbonyl (C=O) groups is 2. The first-order chi connectivity index (χ1) is 25.7. The lowest BCUT2D eigenvalue weighted by molar-refractivity contribution is -0.143. The SMILES string of the molecule is CC1(C)CCC(C)(C)c2cc(S(=O)(=O)c3ccc(CCC(=O)O)cc3)ccc21.CCOC(=O)CCc1ccc(-c2ccc3c(c2)C(C)(C)CCC3(C)C)cc1. The van der Waals surface area contributed by atoms with Gasteiger partial charge in [-0.25, -0.2) is 8.42 Å². The standard InChI is InChI=1S/C25H32O2.C23H28O4S/c1-6-27-23(26)14-9-18-7-10-19(11-8-18)20-12-13-21-22(17-20)25(4,5)16-15-24(21,2)3;1-22(2)13-14-23(3,4)20-15-18(10-11-19(20)22)28(26,27)17-8-5-16(6-9-17)7-12-21(24)25/h7-8,10-13,17H,6,9,14-16H2,1-5H3;5-6,8-11,15H,7,12-14H2,1-4H3,(H,24,25). The number of ether oxygens (including phenoxy) is 1. The molecule has 4 aromatic rings. The van der Waals surface area contributed by atoms with Crippen LogP contribution >= 0.6 is 0 Å². The van der Waals surface area contributed by atoms with E-state index in [2.05, 4.69) is 97.9 Å². The van der Waals surface area contributed by atoms with Gasteiger partial charge in [-0.05, 0) is 136 Å². The molecule has 0 heterocycles. The van der Waals surface area contributed by atoms with Crippen LogP contribution in [0.1, 0.15) is 134 Å². The maximum atomic E-state index is 13.2. The van der Waals surface area contributed by atoms with Crippen molar-refractivity contribution < 1.29 is 27.9 Å². The second kappa shape index (κ2) is 16.1. The Balaban J connectivity index is 0.000000211. The van der Waals surface area contributed by atoms with Gasteiger partial charge in [-0.2, -0.15) is 0 Å². The van der Waals surface area contributed by atoms with Crippen LogP contribution in [0.15, 0.2) is 94.7 Å². The minimum absolute atomic E-state index is 0.0296. The highest BCUT2D eigenvalue weighted by atomic mass is 32.2. The van der Waals surface area contributed by atoms with Crippen LogP contribution in [0.25, 0.3) is 11.1 Å². The van der Waals surface area contributed by atoms with E-state index >= 15 is 0 Å². The van der Waals surface area contributed by atoms with E-state index in [9.17, 15) is 18.0 Å². The van der Waals surface area contributed by atoms with E-state index in [1.165, 1.54) is 46.2 Å². The molecule has 55 heavy (non-hydrogen) atoms. The molecule has 0 fully saturated rings.